The molecule has 16 heavy (non-hydrogen) atoms. The van der Waals surface area contributed by atoms with Crippen LogP contribution in [0.4, 0.5) is 0 Å². The lowest BCUT2D eigenvalue weighted by Gasteiger charge is -2.31. The van der Waals surface area contributed by atoms with Crippen molar-refractivity contribution in [3.05, 3.63) is 0 Å². The summed E-state index contributed by atoms with van der Waals surface area (Å²) < 4.78 is 0. The molecule has 1 aliphatic heterocycles. The molecule has 0 spiro atoms. The van der Waals surface area contributed by atoms with Gasteiger partial charge in [0.2, 0.25) is 5.91 Å². The molecule has 0 saturated carbocycles. The maximum absolute atomic E-state index is 11.3. The van der Waals surface area contributed by atoms with Gasteiger partial charge in [0.25, 0.3) is 0 Å². The van der Waals surface area contributed by atoms with Crippen LogP contribution in [-0.2, 0) is 9.59 Å². The lowest BCUT2D eigenvalue weighted by Crippen LogP contribution is -2.51. The number of aliphatic carboxylic acids is 1. The average molecular weight is 243 g/mol. The topological polar surface area (TPSA) is 93.4 Å². The van der Waals surface area contributed by atoms with E-state index in [4.69, 9.17) is 10.4 Å². The van der Waals surface area contributed by atoms with Crippen molar-refractivity contribution >= 4 is 23.6 Å². The zero-order chi connectivity index (χ0) is 12.0. The van der Waals surface area contributed by atoms with Crippen LogP contribution in [0.25, 0.3) is 0 Å². The first-order chi connectivity index (χ1) is 7.65. The quantitative estimate of drug-likeness (QED) is 0.623. The lowest BCUT2D eigenvalue weighted by molar-refractivity contribution is -0.143. The van der Waals surface area contributed by atoms with Gasteiger partial charge in [0.15, 0.2) is 0 Å². The summed E-state index contributed by atoms with van der Waals surface area (Å²) in [6.45, 7) is 0.583. The van der Waals surface area contributed by atoms with Crippen LogP contribution in [0.1, 0.15) is 0 Å². The zero-order valence-electron chi connectivity index (χ0n) is 8.68. The van der Waals surface area contributed by atoms with Crippen LogP contribution in [0.3, 0.4) is 0 Å². The van der Waals surface area contributed by atoms with Gasteiger partial charge in [0.1, 0.15) is 12.6 Å². The molecule has 1 unspecified atom stereocenters. The van der Waals surface area contributed by atoms with Crippen LogP contribution in [0, 0.1) is 11.3 Å². The fourth-order valence-corrected chi connectivity index (χ4v) is 2.54. The van der Waals surface area contributed by atoms with Crippen molar-refractivity contribution in [3.8, 4) is 6.07 Å². The number of carboxylic acid groups (broad SMARTS) is 1. The molecule has 1 aliphatic rings. The van der Waals surface area contributed by atoms with Gasteiger partial charge >= 0.3 is 5.97 Å². The Kier molecular flexibility index (Phi) is 5.08. The summed E-state index contributed by atoms with van der Waals surface area (Å²) in [5.74, 6) is 0.121. The molecule has 0 aliphatic carbocycles. The first kappa shape index (κ1) is 12.8. The van der Waals surface area contributed by atoms with E-state index in [1.807, 2.05) is 0 Å². The summed E-state index contributed by atoms with van der Waals surface area (Å²) in [7, 11) is 0. The molecule has 88 valence electrons. The van der Waals surface area contributed by atoms with Gasteiger partial charge in [0.05, 0.1) is 12.6 Å². The highest BCUT2D eigenvalue weighted by Gasteiger charge is 2.29. The van der Waals surface area contributed by atoms with E-state index in [1.165, 1.54) is 0 Å². The Labute approximate surface area is 97.6 Å². The van der Waals surface area contributed by atoms with Gasteiger partial charge in [-0.15, -0.1) is 0 Å². The first-order valence-electron chi connectivity index (χ1n) is 4.83. The highest BCUT2D eigenvalue weighted by molar-refractivity contribution is 7.99. The Hall–Kier alpha value is -1.26. The molecule has 0 radical (unpaired) electrons. The number of hydrogen-bond acceptors (Lipinski definition) is 5. The van der Waals surface area contributed by atoms with Crippen LogP contribution in [0.15, 0.2) is 0 Å². The smallest absolute Gasteiger partial charge is 0.321 e. The molecule has 0 aromatic carbocycles. The molecule has 1 saturated heterocycles. The fraction of sp³-hybridized carbons (Fsp3) is 0.667. The van der Waals surface area contributed by atoms with Gasteiger partial charge in [-0.25, -0.2) is 0 Å². The molecule has 1 fully saturated rings. The van der Waals surface area contributed by atoms with Gasteiger partial charge in [0, 0.05) is 18.1 Å². The number of amides is 1. The van der Waals surface area contributed by atoms with E-state index in [9.17, 15) is 9.59 Å². The molecule has 2 N–H and O–H groups in total. The summed E-state index contributed by atoms with van der Waals surface area (Å²) >= 11 is 1.57. The molecular weight excluding hydrogens is 230 g/mol. The number of rotatable bonds is 4. The number of nitrogens with one attached hydrogen (secondary N) is 1. The minimum absolute atomic E-state index is 0.0409. The molecule has 1 atom stereocenters. The zero-order valence-corrected chi connectivity index (χ0v) is 9.50. The minimum Gasteiger partial charge on any atom is -0.480 e. The second-order valence-electron chi connectivity index (χ2n) is 3.33. The number of carbonyl (C=O) groups is 2. The molecule has 1 rings (SSSR count). The first-order valence-corrected chi connectivity index (χ1v) is 5.99. The maximum atomic E-state index is 11.3. The third-order valence-electron chi connectivity index (χ3n) is 2.24. The third kappa shape index (κ3) is 3.72. The van der Waals surface area contributed by atoms with Gasteiger partial charge in [-0.3, -0.25) is 14.5 Å². The fourth-order valence-electron chi connectivity index (χ4n) is 1.43. The number of carbonyl (C=O) groups excluding carboxylic acids is 1. The number of thioether (sulfide) groups is 1. The van der Waals surface area contributed by atoms with E-state index in [1.54, 1.807) is 22.7 Å². The lowest BCUT2D eigenvalue weighted by atomic mass is 10.2. The van der Waals surface area contributed by atoms with E-state index in [0.717, 1.165) is 5.75 Å². The maximum Gasteiger partial charge on any atom is 0.321 e. The Morgan fingerprint density at radius 3 is 3.00 bits per heavy atom. The number of nitriles is 1. The summed E-state index contributed by atoms with van der Waals surface area (Å²) in [5, 5.41) is 19.6. The van der Waals surface area contributed by atoms with Crippen LogP contribution in [0.2, 0.25) is 0 Å². The van der Waals surface area contributed by atoms with E-state index >= 15 is 0 Å². The molecule has 0 aromatic heterocycles. The predicted molar refractivity (Wildman–Crippen MR) is 58.9 cm³/mol. The van der Waals surface area contributed by atoms with Crippen LogP contribution >= 0.6 is 11.8 Å². The van der Waals surface area contributed by atoms with Crippen molar-refractivity contribution in [2.24, 2.45) is 0 Å². The Bertz CT molecular complexity index is 316. The largest absolute Gasteiger partial charge is 0.480 e. The number of carboxylic acids is 1. The van der Waals surface area contributed by atoms with E-state index in [0.29, 0.717) is 12.3 Å². The van der Waals surface area contributed by atoms with Crippen LogP contribution in [0.5, 0.6) is 0 Å². The standard InChI is InChI=1S/C9H13N3O3S/c10-1-2-11-8(13)5-12-3-4-16-6-7(12)9(14)15/h7H,2-6H2,(H,11,13)(H,14,15). The molecule has 0 aromatic rings. The molecule has 1 amide bonds. The second kappa shape index (κ2) is 6.35. The number of nitrogens with zero attached hydrogens (tertiary/aromatic N) is 2. The van der Waals surface area contributed by atoms with Gasteiger partial charge in [-0.2, -0.15) is 17.0 Å². The van der Waals surface area contributed by atoms with Crippen molar-refractivity contribution in [2.45, 2.75) is 6.04 Å². The molecule has 6 nitrogen and oxygen atoms in total. The Balaban J connectivity index is 2.47. The van der Waals surface area contributed by atoms with Crippen molar-refractivity contribution in [2.75, 3.05) is 31.1 Å². The summed E-state index contributed by atoms with van der Waals surface area (Å²) in [6.07, 6.45) is 0. The van der Waals surface area contributed by atoms with Gasteiger partial charge < -0.3 is 10.4 Å². The Morgan fingerprint density at radius 2 is 2.38 bits per heavy atom. The monoisotopic (exact) mass is 243 g/mol. The highest BCUT2D eigenvalue weighted by atomic mass is 32.2. The van der Waals surface area contributed by atoms with Gasteiger partial charge in [-0.05, 0) is 0 Å². The van der Waals surface area contributed by atoms with Crippen LogP contribution in [-0.4, -0.2) is 59.1 Å². The van der Waals surface area contributed by atoms with Crippen molar-refractivity contribution < 1.29 is 14.7 Å². The van der Waals surface area contributed by atoms with Crippen molar-refractivity contribution in [1.82, 2.24) is 10.2 Å². The molecule has 0 bridgehead atoms. The third-order valence-corrected chi connectivity index (χ3v) is 3.26. The Morgan fingerprint density at radius 1 is 1.62 bits per heavy atom. The van der Waals surface area contributed by atoms with Crippen LogP contribution < -0.4 is 5.32 Å². The number of hydrogen-bond donors (Lipinski definition) is 2. The summed E-state index contributed by atoms with van der Waals surface area (Å²) in [5.41, 5.74) is 0. The molecular formula is C9H13N3O3S. The molecule has 7 heteroatoms. The van der Waals surface area contributed by atoms with E-state index in [-0.39, 0.29) is 19.0 Å². The highest BCUT2D eigenvalue weighted by Crippen LogP contribution is 2.16. The van der Waals surface area contributed by atoms with Gasteiger partial charge in [-0.1, -0.05) is 0 Å². The SMILES string of the molecule is N#CCNC(=O)CN1CCSCC1C(=O)O. The summed E-state index contributed by atoms with van der Waals surface area (Å²) in [6, 6.07) is 1.19. The minimum atomic E-state index is -0.903. The van der Waals surface area contributed by atoms with Crippen molar-refractivity contribution in [3.63, 3.8) is 0 Å². The predicted octanol–water partition coefficient (Wildman–Crippen LogP) is -0.872. The van der Waals surface area contributed by atoms with E-state index < -0.39 is 12.0 Å². The van der Waals surface area contributed by atoms with Crippen molar-refractivity contribution in [1.29, 1.82) is 5.26 Å². The van der Waals surface area contributed by atoms with E-state index in [2.05, 4.69) is 5.32 Å². The second-order valence-corrected chi connectivity index (χ2v) is 4.48. The normalized spacial score (nSPS) is 21.1. The summed E-state index contributed by atoms with van der Waals surface area (Å²) in [4.78, 5) is 23.9. The average Bonchev–Trinajstić information content (AvgIpc) is 2.27. The molecule has 1 heterocycles.